The predicted octanol–water partition coefficient (Wildman–Crippen LogP) is 0.201. The van der Waals surface area contributed by atoms with Gasteiger partial charge in [-0.15, -0.1) is 0 Å². The number of hydrogen-bond donors (Lipinski definition) is 0. The quantitative estimate of drug-likeness (QED) is 0.329. The summed E-state index contributed by atoms with van der Waals surface area (Å²) >= 11 is 0. The van der Waals surface area contributed by atoms with Crippen LogP contribution in [0.4, 0.5) is 0 Å². The smallest absolute Gasteiger partial charge is 0.307 e. The van der Waals surface area contributed by atoms with Gasteiger partial charge >= 0.3 is 5.97 Å². The second-order valence-electron chi connectivity index (χ2n) is 2.29. The van der Waals surface area contributed by atoms with Gasteiger partial charge in [-0.1, -0.05) is 6.55 Å². The Balaban J connectivity index is 2.95. The zero-order chi connectivity index (χ0) is 8.53. The van der Waals surface area contributed by atoms with Crippen molar-refractivity contribution in [2.24, 2.45) is 0 Å². The molecule has 3 nitrogen and oxygen atoms in total. The van der Waals surface area contributed by atoms with Crippen molar-refractivity contribution < 1.29 is 14.3 Å². The second-order valence-corrected chi connectivity index (χ2v) is 4.00. The van der Waals surface area contributed by atoms with Gasteiger partial charge < -0.3 is 9.47 Å². The summed E-state index contributed by atoms with van der Waals surface area (Å²) in [5, 5.41) is 0. The Bertz CT molecular complexity index is 106. The Morgan fingerprint density at radius 2 is 2.18 bits per heavy atom. The Kier molecular flexibility index (Phi) is 7.50. The molecule has 0 aromatic carbocycles. The van der Waals surface area contributed by atoms with E-state index in [1.807, 2.05) is 0 Å². The van der Waals surface area contributed by atoms with E-state index in [9.17, 15) is 4.79 Å². The lowest BCUT2D eigenvalue weighted by Crippen LogP contribution is -2.06. The van der Waals surface area contributed by atoms with Crippen LogP contribution < -0.4 is 0 Å². The van der Waals surface area contributed by atoms with Crippen LogP contribution in [0.2, 0.25) is 12.6 Å². The number of carbonyl (C=O) groups is 1. The summed E-state index contributed by atoms with van der Waals surface area (Å²) in [4.78, 5) is 10.6. The third kappa shape index (κ3) is 7.54. The third-order valence-electron chi connectivity index (χ3n) is 1.32. The standard InChI is InChI=1S/C7H16O3Si/c1-9-7(8)3-4-10-5-6-11-2/h3-6,11H2,1-2H3. The van der Waals surface area contributed by atoms with Crippen molar-refractivity contribution in [2.75, 3.05) is 20.3 Å². The van der Waals surface area contributed by atoms with Gasteiger partial charge in [0.2, 0.25) is 0 Å². The molecule has 4 heteroatoms. The van der Waals surface area contributed by atoms with E-state index in [1.54, 1.807) is 0 Å². The molecule has 0 aliphatic rings. The number of hydrogen-bond acceptors (Lipinski definition) is 3. The molecule has 0 atom stereocenters. The van der Waals surface area contributed by atoms with Gasteiger partial charge in [0.25, 0.3) is 0 Å². The van der Waals surface area contributed by atoms with E-state index in [0.717, 1.165) is 6.61 Å². The molecule has 0 spiro atoms. The maximum Gasteiger partial charge on any atom is 0.307 e. The highest BCUT2D eigenvalue weighted by molar-refractivity contribution is 6.33. The molecule has 0 aromatic rings. The van der Waals surface area contributed by atoms with E-state index in [1.165, 1.54) is 13.2 Å². The highest BCUT2D eigenvalue weighted by Crippen LogP contribution is 1.88. The normalized spacial score (nSPS) is 10.7. The first-order valence-corrected chi connectivity index (χ1v) is 6.37. The fourth-order valence-electron chi connectivity index (χ4n) is 0.606. The van der Waals surface area contributed by atoms with Crippen LogP contribution in [0.3, 0.4) is 0 Å². The maximum absolute atomic E-state index is 10.6. The molecule has 11 heavy (non-hydrogen) atoms. The minimum absolute atomic E-state index is 0.120. The first-order chi connectivity index (χ1) is 5.31. The summed E-state index contributed by atoms with van der Waals surface area (Å²) in [6, 6.07) is 1.20. The van der Waals surface area contributed by atoms with E-state index in [2.05, 4.69) is 11.3 Å². The number of methoxy groups -OCH3 is 1. The highest BCUT2D eigenvalue weighted by atomic mass is 28.2. The molecule has 0 saturated heterocycles. The molecule has 0 N–H and O–H groups in total. The van der Waals surface area contributed by atoms with E-state index in [4.69, 9.17) is 4.74 Å². The number of rotatable bonds is 6. The highest BCUT2D eigenvalue weighted by Gasteiger charge is 1.97. The molecule has 0 amide bonds. The van der Waals surface area contributed by atoms with E-state index in [0.29, 0.717) is 13.0 Å². The van der Waals surface area contributed by atoms with Crippen LogP contribution in [0.1, 0.15) is 6.42 Å². The van der Waals surface area contributed by atoms with Crippen molar-refractivity contribution in [1.29, 1.82) is 0 Å². The van der Waals surface area contributed by atoms with Crippen LogP contribution in [0.15, 0.2) is 0 Å². The lowest BCUT2D eigenvalue weighted by molar-refractivity contribution is -0.141. The molecule has 0 unspecified atom stereocenters. The Hall–Kier alpha value is -0.353. The van der Waals surface area contributed by atoms with Gasteiger partial charge in [-0.05, 0) is 6.04 Å². The maximum atomic E-state index is 10.6. The van der Waals surface area contributed by atoms with Crippen LogP contribution in [0.25, 0.3) is 0 Å². The fourth-order valence-corrected chi connectivity index (χ4v) is 1.10. The molecular weight excluding hydrogens is 160 g/mol. The van der Waals surface area contributed by atoms with Crippen molar-refractivity contribution in [3.63, 3.8) is 0 Å². The van der Waals surface area contributed by atoms with Crippen molar-refractivity contribution >= 4 is 15.5 Å². The number of esters is 1. The van der Waals surface area contributed by atoms with Crippen LogP contribution in [-0.2, 0) is 14.3 Å². The summed E-state index contributed by atoms with van der Waals surface area (Å²) in [7, 11) is 1.51. The molecule has 0 bridgehead atoms. The molecule has 0 heterocycles. The summed E-state index contributed by atoms with van der Waals surface area (Å²) in [6.45, 7) is 3.55. The van der Waals surface area contributed by atoms with Gasteiger partial charge in [0.1, 0.15) is 0 Å². The average Bonchev–Trinajstić information content (AvgIpc) is 2.04. The van der Waals surface area contributed by atoms with E-state index in [-0.39, 0.29) is 15.5 Å². The third-order valence-corrected chi connectivity index (χ3v) is 2.32. The lowest BCUT2D eigenvalue weighted by Gasteiger charge is -2.00. The molecule has 66 valence electrons. The van der Waals surface area contributed by atoms with E-state index >= 15 is 0 Å². The second kappa shape index (κ2) is 7.75. The van der Waals surface area contributed by atoms with Crippen molar-refractivity contribution in [2.45, 2.75) is 19.0 Å². The molecule has 0 aromatic heterocycles. The molecule has 0 aliphatic heterocycles. The molecular formula is C7H16O3Si. The van der Waals surface area contributed by atoms with E-state index < -0.39 is 0 Å². The zero-order valence-corrected chi connectivity index (χ0v) is 8.67. The van der Waals surface area contributed by atoms with Crippen molar-refractivity contribution in [3.05, 3.63) is 0 Å². The van der Waals surface area contributed by atoms with Crippen LogP contribution in [-0.4, -0.2) is 35.8 Å². The van der Waals surface area contributed by atoms with Crippen LogP contribution in [0.5, 0.6) is 0 Å². The summed E-state index contributed by atoms with van der Waals surface area (Å²) in [5.74, 6) is -0.196. The van der Waals surface area contributed by atoms with Crippen molar-refractivity contribution in [1.82, 2.24) is 0 Å². The van der Waals surface area contributed by atoms with Gasteiger partial charge in [0.05, 0.1) is 20.1 Å². The molecule has 0 saturated carbocycles. The first-order valence-electron chi connectivity index (χ1n) is 3.95. The SMILES string of the molecule is COC(=O)CCOCC[SiH2]C. The minimum atomic E-state index is -0.196. The van der Waals surface area contributed by atoms with Gasteiger partial charge in [-0.2, -0.15) is 0 Å². The minimum Gasteiger partial charge on any atom is -0.469 e. The largest absolute Gasteiger partial charge is 0.469 e. The Labute approximate surface area is 69.9 Å². The monoisotopic (exact) mass is 176 g/mol. The fraction of sp³-hybridized carbons (Fsp3) is 0.857. The Morgan fingerprint density at radius 3 is 2.73 bits per heavy atom. The zero-order valence-electron chi connectivity index (χ0n) is 7.26. The van der Waals surface area contributed by atoms with Crippen LogP contribution in [0, 0.1) is 0 Å². The molecule has 0 fully saturated rings. The van der Waals surface area contributed by atoms with Gasteiger partial charge in [-0.3, -0.25) is 4.79 Å². The predicted molar refractivity (Wildman–Crippen MR) is 46.7 cm³/mol. The van der Waals surface area contributed by atoms with Crippen LogP contribution >= 0.6 is 0 Å². The topological polar surface area (TPSA) is 35.5 Å². The van der Waals surface area contributed by atoms with Crippen molar-refractivity contribution in [3.8, 4) is 0 Å². The lowest BCUT2D eigenvalue weighted by atomic mass is 10.5. The number of ether oxygens (including phenoxy) is 2. The average molecular weight is 176 g/mol. The van der Waals surface area contributed by atoms with Gasteiger partial charge in [0.15, 0.2) is 0 Å². The molecule has 0 aliphatic carbocycles. The Morgan fingerprint density at radius 1 is 1.45 bits per heavy atom. The first kappa shape index (κ1) is 10.6. The summed E-state index contributed by atoms with van der Waals surface area (Å²) < 4.78 is 9.63. The molecule has 0 radical (unpaired) electrons. The van der Waals surface area contributed by atoms with Gasteiger partial charge in [-0.25, -0.2) is 0 Å². The summed E-state index contributed by atoms with van der Waals surface area (Å²) in [5.41, 5.74) is 0. The summed E-state index contributed by atoms with van der Waals surface area (Å²) in [6.07, 6.45) is 0.377. The number of carbonyl (C=O) groups excluding carboxylic acids is 1. The van der Waals surface area contributed by atoms with Gasteiger partial charge in [0, 0.05) is 16.1 Å². The molecule has 0 rings (SSSR count).